The molecule has 0 bridgehead atoms. The summed E-state index contributed by atoms with van der Waals surface area (Å²) in [6.45, 7) is 3.93. The van der Waals surface area contributed by atoms with E-state index in [0.717, 1.165) is 19.3 Å². The van der Waals surface area contributed by atoms with Crippen molar-refractivity contribution in [1.82, 2.24) is 0 Å². The Morgan fingerprint density at radius 3 is 2.55 bits per heavy atom. The van der Waals surface area contributed by atoms with Crippen LogP contribution in [0.15, 0.2) is 0 Å². The van der Waals surface area contributed by atoms with E-state index in [0.29, 0.717) is 22.4 Å². The van der Waals surface area contributed by atoms with E-state index in [1.54, 1.807) is 6.92 Å². The molecule has 1 nitrogen and oxygen atoms in total. The number of halogens is 1. The molecule has 0 amide bonds. The van der Waals surface area contributed by atoms with Gasteiger partial charge in [-0.1, -0.05) is 22.9 Å². The first-order valence-electron chi connectivity index (χ1n) is 4.25. The third-order valence-electron chi connectivity index (χ3n) is 2.64. The van der Waals surface area contributed by atoms with Crippen molar-refractivity contribution in [2.45, 2.75) is 37.9 Å². The van der Waals surface area contributed by atoms with Crippen molar-refractivity contribution in [3.8, 4) is 0 Å². The van der Waals surface area contributed by atoms with Gasteiger partial charge in [0.1, 0.15) is 5.78 Å². The average Bonchev–Trinajstić information content (AvgIpc) is 1.94. The second-order valence-corrected chi connectivity index (χ2v) is 4.79. The fraction of sp³-hybridized carbons (Fsp3) is 0.889. The van der Waals surface area contributed by atoms with E-state index in [1.807, 2.05) is 0 Å². The smallest absolute Gasteiger partial charge is 0.132 e. The van der Waals surface area contributed by atoms with Crippen molar-refractivity contribution in [1.29, 1.82) is 0 Å². The van der Waals surface area contributed by atoms with Gasteiger partial charge in [0.2, 0.25) is 0 Å². The number of rotatable bonds is 1. The number of alkyl halides is 1. The van der Waals surface area contributed by atoms with Gasteiger partial charge in [-0.15, -0.1) is 0 Å². The van der Waals surface area contributed by atoms with Gasteiger partial charge in [0, 0.05) is 10.7 Å². The molecule has 0 aromatic carbocycles. The van der Waals surface area contributed by atoms with Gasteiger partial charge in [0.15, 0.2) is 0 Å². The number of ketones is 1. The molecule has 1 aliphatic carbocycles. The largest absolute Gasteiger partial charge is 0.300 e. The van der Waals surface area contributed by atoms with Crippen LogP contribution >= 0.6 is 15.9 Å². The van der Waals surface area contributed by atoms with Gasteiger partial charge in [-0.25, -0.2) is 0 Å². The molecule has 1 fully saturated rings. The lowest BCUT2D eigenvalue weighted by Crippen LogP contribution is -2.26. The quantitative estimate of drug-likeness (QED) is 0.619. The van der Waals surface area contributed by atoms with Crippen LogP contribution in [-0.2, 0) is 4.79 Å². The molecule has 1 rings (SSSR count). The summed E-state index contributed by atoms with van der Waals surface area (Å²) >= 11 is 3.62. The first-order chi connectivity index (χ1) is 5.11. The second kappa shape index (κ2) is 3.70. The number of hydrogen-bond acceptors (Lipinski definition) is 1. The number of hydrogen-bond donors (Lipinski definition) is 0. The number of Topliss-reactive ketones (excluding diaryl/α,β-unsaturated/α-hetero) is 1. The summed E-state index contributed by atoms with van der Waals surface area (Å²) in [5, 5.41) is 0. The highest BCUT2D eigenvalue weighted by atomic mass is 79.9. The minimum Gasteiger partial charge on any atom is -0.300 e. The highest BCUT2D eigenvalue weighted by Gasteiger charge is 2.27. The van der Waals surface area contributed by atoms with Crippen molar-refractivity contribution in [3.63, 3.8) is 0 Å². The summed E-state index contributed by atoms with van der Waals surface area (Å²) in [4.78, 5) is 11.7. The van der Waals surface area contributed by atoms with E-state index in [9.17, 15) is 4.79 Å². The summed E-state index contributed by atoms with van der Waals surface area (Å²) < 4.78 is 0. The zero-order chi connectivity index (χ0) is 8.43. The highest BCUT2D eigenvalue weighted by molar-refractivity contribution is 9.09. The van der Waals surface area contributed by atoms with Gasteiger partial charge < -0.3 is 0 Å². The van der Waals surface area contributed by atoms with Gasteiger partial charge in [0.25, 0.3) is 0 Å². The molecule has 0 radical (unpaired) electrons. The van der Waals surface area contributed by atoms with Crippen molar-refractivity contribution in [2.24, 2.45) is 11.8 Å². The standard InChI is InChI=1S/C9H15BrO/c1-6-5-8(7(2)11)3-4-9(6)10/h6,8-9H,3-5H2,1-2H3. The molecular formula is C9H15BrO. The Bertz CT molecular complexity index is 156. The van der Waals surface area contributed by atoms with E-state index >= 15 is 0 Å². The monoisotopic (exact) mass is 218 g/mol. The molecule has 0 aromatic rings. The minimum absolute atomic E-state index is 0.346. The first-order valence-corrected chi connectivity index (χ1v) is 5.17. The lowest BCUT2D eigenvalue weighted by molar-refractivity contribution is -0.121. The van der Waals surface area contributed by atoms with Crippen LogP contribution in [-0.4, -0.2) is 10.6 Å². The normalized spacial score (nSPS) is 38.6. The predicted molar refractivity (Wildman–Crippen MR) is 49.9 cm³/mol. The van der Waals surface area contributed by atoms with Gasteiger partial charge in [-0.2, -0.15) is 0 Å². The summed E-state index contributed by atoms with van der Waals surface area (Å²) in [5.74, 6) is 1.38. The minimum atomic E-state index is 0.346. The maximum atomic E-state index is 11.0. The lowest BCUT2D eigenvalue weighted by atomic mass is 9.80. The molecule has 1 saturated carbocycles. The summed E-state index contributed by atoms with van der Waals surface area (Å²) in [7, 11) is 0. The van der Waals surface area contributed by atoms with Crippen LogP contribution in [0.25, 0.3) is 0 Å². The predicted octanol–water partition coefficient (Wildman–Crippen LogP) is 2.78. The summed E-state index contributed by atoms with van der Waals surface area (Å²) in [5.41, 5.74) is 0. The average molecular weight is 219 g/mol. The fourth-order valence-corrected chi connectivity index (χ4v) is 2.21. The van der Waals surface area contributed by atoms with Crippen LogP contribution in [0, 0.1) is 11.8 Å². The number of carbonyl (C=O) groups excluding carboxylic acids is 1. The topological polar surface area (TPSA) is 17.1 Å². The highest BCUT2D eigenvalue weighted by Crippen LogP contribution is 2.33. The summed E-state index contributed by atoms with van der Waals surface area (Å²) in [6.07, 6.45) is 3.31. The van der Waals surface area contributed by atoms with Crippen LogP contribution in [0.3, 0.4) is 0 Å². The second-order valence-electron chi connectivity index (χ2n) is 3.61. The molecule has 11 heavy (non-hydrogen) atoms. The van der Waals surface area contributed by atoms with E-state index in [1.165, 1.54) is 0 Å². The van der Waals surface area contributed by atoms with Gasteiger partial charge in [-0.3, -0.25) is 4.79 Å². The molecule has 2 heteroatoms. The van der Waals surface area contributed by atoms with Crippen LogP contribution in [0.2, 0.25) is 0 Å². The maximum Gasteiger partial charge on any atom is 0.132 e. The Balaban J connectivity index is 2.46. The Morgan fingerprint density at radius 2 is 2.09 bits per heavy atom. The van der Waals surface area contributed by atoms with Crippen molar-refractivity contribution in [2.75, 3.05) is 0 Å². The van der Waals surface area contributed by atoms with Crippen molar-refractivity contribution in [3.05, 3.63) is 0 Å². The Labute approximate surface area is 76.7 Å². The van der Waals surface area contributed by atoms with E-state index in [2.05, 4.69) is 22.9 Å². The lowest BCUT2D eigenvalue weighted by Gasteiger charge is -2.29. The molecule has 0 saturated heterocycles. The first kappa shape index (κ1) is 9.24. The third kappa shape index (κ3) is 2.29. The van der Waals surface area contributed by atoms with Crippen molar-refractivity contribution >= 4 is 21.7 Å². The molecule has 0 heterocycles. The number of carbonyl (C=O) groups is 1. The molecule has 0 spiro atoms. The summed E-state index contributed by atoms with van der Waals surface area (Å²) in [6, 6.07) is 0. The SMILES string of the molecule is CC(=O)C1CCC(Br)C(C)C1. The zero-order valence-electron chi connectivity index (χ0n) is 7.14. The van der Waals surface area contributed by atoms with E-state index in [4.69, 9.17) is 0 Å². The molecule has 3 unspecified atom stereocenters. The maximum absolute atomic E-state index is 11.0. The van der Waals surface area contributed by atoms with Crippen LogP contribution in [0.5, 0.6) is 0 Å². The van der Waals surface area contributed by atoms with Crippen LogP contribution in [0.4, 0.5) is 0 Å². The molecule has 0 aromatic heterocycles. The van der Waals surface area contributed by atoms with Crippen LogP contribution < -0.4 is 0 Å². The Hall–Kier alpha value is 0.150. The molecular weight excluding hydrogens is 204 g/mol. The third-order valence-corrected chi connectivity index (χ3v) is 4.00. The van der Waals surface area contributed by atoms with Crippen molar-refractivity contribution < 1.29 is 4.79 Å². The Morgan fingerprint density at radius 1 is 1.45 bits per heavy atom. The molecule has 0 N–H and O–H groups in total. The van der Waals surface area contributed by atoms with E-state index in [-0.39, 0.29) is 0 Å². The van der Waals surface area contributed by atoms with Gasteiger partial charge in [-0.05, 0) is 32.1 Å². The molecule has 0 aliphatic heterocycles. The molecule has 3 atom stereocenters. The van der Waals surface area contributed by atoms with Crippen LogP contribution in [0.1, 0.15) is 33.1 Å². The van der Waals surface area contributed by atoms with Gasteiger partial charge in [0.05, 0.1) is 0 Å². The molecule has 64 valence electrons. The fourth-order valence-electron chi connectivity index (χ4n) is 1.73. The Kier molecular flexibility index (Phi) is 3.11. The zero-order valence-corrected chi connectivity index (χ0v) is 8.73. The molecule has 1 aliphatic rings. The van der Waals surface area contributed by atoms with Gasteiger partial charge >= 0.3 is 0 Å². The van der Waals surface area contributed by atoms with E-state index < -0.39 is 0 Å².